The van der Waals surface area contributed by atoms with Crippen molar-refractivity contribution in [2.24, 2.45) is 17.8 Å². The number of piperidine rings is 2. The minimum Gasteiger partial charge on any atom is -0.490 e. The molecule has 3 heterocycles. The second kappa shape index (κ2) is 10.5. The largest absolute Gasteiger partial charge is 0.490 e. The predicted molar refractivity (Wildman–Crippen MR) is 124 cm³/mol. The molecule has 2 unspecified atom stereocenters. The Bertz CT molecular complexity index is 995. The first kappa shape index (κ1) is 24.8. The van der Waals surface area contributed by atoms with E-state index in [0.29, 0.717) is 62.5 Å². The average molecular weight is 495 g/mol. The summed E-state index contributed by atoms with van der Waals surface area (Å²) in [6, 6.07) is 4.65. The fraction of sp³-hybridized carbons (Fsp3) is 0.667. The molecule has 4 rings (SSSR count). The summed E-state index contributed by atoms with van der Waals surface area (Å²) in [5.41, 5.74) is 0. The fourth-order valence-electron chi connectivity index (χ4n) is 4.99. The molecule has 3 aliphatic rings. The molecule has 1 aromatic carbocycles. The first-order valence-electron chi connectivity index (χ1n) is 12.1. The number of nitrogens with zero attached hydrogens (tertiary/aromatic N) is 2. The summed E-state index contributed by atoms with van der Waals surface area (Å²) in [6.45, 7) is 6.80. The zero-order valence-corrected chi connectivity index (χ0v) is 20.7. The number of hydrogen-bond acceptors (Lipinski definition) is 7. The van der Waals surface area contributed by atoms with Gasteiger partial charge in [-0.1, -0.05) is 13.8 Å². The summed E-state index contributed by atoms with van der Waals surface area (Å²) in [5.74, 6) is 0.837. The molecule has 0 aliphatic carbocycles. The van der Waals surface area contributed by atoms with E-state index < -0.39 is 21.9 Å². The highest BCUT2D eigenvalue weighted by atomic mass is 32.2. The van der Waals surface area contributed by atoms with Gasteiger partial charge in [0.05, 0.1) is 24.0 Å². The summed E-state index contributed by atoms with van der Waals surface area (Å²) in [5, 5.41) is 0. The van der Waals surface area contributed by atoms with Crippen LogP contribution < -0.4 is 9.47 Å². The average Bonchev–Trinajstić information content (AvgIpc) is 3.06. The SMILES string of the molecule is CC1CC(C)CN(C(=O)COC(=O)C2CCN(S(=O)(=O)c3ccc4c(c3)OCCCO4)CC2)C1. The number of ether oxygens (including phenoxy) is 3. The number of likely N-dealkylation sites (tertiary alicyclic amines) is 1. The Kier molecular flexibility index (Phi) is 7.67. The first-order valence-corrected chi connectivity index (χ1v) is 13.5. The number of sulfonamides is 1. The maximum Gasteiger partial charge on any atom is 0.309 e. The van der Waals surface area contributed by atoms with Gasteiger partial charge in [-0.3, -0.25) is 9.59 Å². The van der Waals surface area contributed by atoms with E-state index in [0.717, 1.165) is 12.8 Å². The Morgan fingerprint density at radius 1 is 1.03 bits per heavy atom. The maximum atomic E-state index is 13.1. The molecule has 34 heavy (non-hydrogen) atoms. The van der Waals surface area contributed by atoms with Gasteiger partial charge in [0.25, 0.3) is 5.91 Å². The van der Waals surface area contributed by atoms with Crippen molar-refractivity contribution in [2.75, 3.05) is 46.0 Å². The topological polar surface area (TPSA) is 102 Å². The molecule has 0 bridgehead atoms. The molecule has 0 radical (unpaired) electrons. The van der Waals surface area contributed by atoms with Gasteiger partial charge in [0.15, 0.2) is 18.1 Å². The van der Waals surface area contributed by atoms with Gasteiger partial charge in [0.2, 0.25) is 10.0 Å². The molecule has 10 heteroatoms. The van der Waals surface area contributed by atoms with Crippen LogP contribution in [0.4, 0.5) is 0 Å². The number of benzene rings is 1. The normalized spacial score (nSPS) is 24.4. The Hall–Kier alpha value is -2.33. The summed E-state index contributed by atoms with van der Waals surface area (Å²) in [6.07, 6.45) is 2.54. The smallest absolute Gasteiger partial charge is 0.309 e. The van der Waals surface area contributed by atoms with Crippen LogP contribution in [-0.2, 0) is 24.3 Å². The van der Waals surface area contributed by atoms with Crippen molar-refractivity contribution >= 4 is 21.9 Å². The van der Waals surface area contributed by atoms with Gasteiger partial charge in [-0.15, -0.1) is 0 Å². The standard InChI is InChI=1S/C24H34N2O7S/c1-17-12-18(2)15-25(14-17)23(27)16-33-24(28)19-6-8-26(9-7-19)34(29,30)20-4-5-21-22(13-20)32-11-3-10-31-21/h4-5,13,17-19H,3,6-12,14-16H2,1-2H3. The quantitative estimate of drug-likeness (QED) is 0.579. The van der Waals surface area contributed by atoms with Crippen LogP contribution in [0.5, 0.6) is 11.5 Å². The molecule has 2 atom stereocenters. The highest BCUT2D eigenvalue weighted by molar-refractivity contribution is 7.89. The molecule has 1 amide bonds. The van der Waals surface area contributed by atoms with Gasteiger partial charge in [-0.05, 0) is 43.2 Å². The van der Waals surface area contributed by atoms with Crippen molar-refractivity contribution < 1.29 is 32.2 Å². The molecule has 2 saturated heterocycles. The van der Waals surface area contributed by atoms with Gasteiger partial charge < -0.3 is 19.1 Å². The number of fused-ring (bicyclic) bond motifs is 1. The molecule has 1 aromatic rings. The predicted octanol–water partition coefficient (Wildman–Crippen LogP) is 2.30. The Balaban J connectivity index is 1.29. The zero-order chi connectivity index (χ0) is 24.3. The lowest BCUT2D eigenvalue weighted by Crippen LogP contribution is -2.45. The second-order valence-electron chi connectivity index (χ2n) is 9.69. The Morgan fingerprint density at radius 2 is 1.68 bits per heavy atom. The third-order valence-electron chi connectivity index (χ3n) is 6.70. The van der Waals surface area contributed by atoms with Crippen molar-refractivity contribution in [2.45, 2.75) is 44.4 Å². The van der Waals surface area contributed by atoms with E-state index in [2.05, 4.69) is 13.8 Å². The highest BCUT2D eigenvalue weighted by Gasteiger charge is 2.34. The number of rotatable bonds is 5. The number of amides is 1. The van der Waals surface area contributed by atoms with Crippen molar-refractivity contribution in [3.63, 3.8) is 0 Å². The van der Waals surface area contributed by atoms with E-state index in [1.54, 1.807) is 11.0 Å². The van der Waals surface area contributed by atoms with Crippen LogP contribution in [-0.4, -0.2) is 75.5 Å². The van der Waals surface area contributed by atoms with Crippen molar-refractivity contribution in [3.05, 3.63) is 18.2 Å². The number of carbonyl (C=O) groups excluding carboxylic acids is 2. The van der Waals surface area contributed by atoms with Gasteiger partial charge in [0.1, 0.15) is 0 Å². The van der Waals surface area contributed by atoms with Crippen LogP contribution in [0.2, 0.25) is 0 Å². The molecule has 3 aliphatic heterocycles. The van der Waals surface area contributed by atoms with Crippen LogP contribution in [0.25, 0.3) is 0 Å². The van der Waals surface area contributed by atoms with Crippen LogP contribution in [0, 0.1) is 17.8 Å². The number of hydrogen-bond donors (Lipinski definition) is 0. The van der Waals surface area contributed by atoms with Crippen LogP contribution in [0.15, 0.2) is 23.1 Å². The number of carbonyl (C=O) groups is 2. The molecular formula is C24H34N2O7S. The molecule has 0 aromatic heterocycles. The first-order chi connectivity index (χ1) is 16.2. The van der Waals surface area contributed by atoms with Crippen molar-refractivity contribution in [1.29, 1.82) is 0 Å². The molecule has 9 nitrogen and oxygen atoms in total. The lowest BCUT2D eigenvalue weighted by atomic mass is 9.92. The Labute approximate surface area is 201 Å². The van der Waals surface area contributed by atoms with Crippen LogP contribution in [0.3, 0.4) is 0 Å². The van der Waals surface area contributed by atoms with E-state index >= 15 is 0 Å². The molecule has 2 fully saturated rings. The van der Waals surface area contributed by atoms with Crippen LogP contribution in [0.1, 0.15) is 39.5 Å². The lowest BCUT2D eigenvalue weighted by molar-refractivity contribution is -0.157. The van der Waals surface area contributed by atoms with Gasteiger partial charge in [-0.2, -0.15) is 4.31 Å². The van der Waals surface area contributed by atoms with E-state index in [1.165, 1.54) is 16.4 Å². The molecule has 0 saturated carbocycles. The van der Waals surface area contributed by atoms with Crippen LogP contribution >= 0.6 is 0 Å². The van der Waals surface area contributed by atoms with Crippen molar-refractivity contribution in [3.8, 4) is 11.5 Å². The number of esters is 1. The third-order valence-corrected chi connectivity index (χ3v) is 8.60. The molecule has 188 valence electrons. The summed E-state index contributed by atoms with van der Waals surface area (Å²) in [7, 11) is -3.72. The third kappa shape index (κ3) is 5.66. The summed E-state index contributed by atoms with van der Waals surface area (Å²) >= 11 is 0. The van der Waals surface area contributed by atoms with E-state index in [9.17, 15) is 18.0 Å². The maximum absolute atomic E-state index is 13.1. The molecule has 0 N–H and O–H groups in total. The minimum absolute atomic E-state index is 0.147. The highest BCUT2D eigenvalue weighted by Crippen LogP contribution is 2.34. The lowest BCUT2D eigenvalue weighted by Gasteiger charge is -2.35. The fourth-order valence-corrected chi connectivity index (χ4v) is 6.48. The van der Waals surface area contributed by atoms with Gasteiger partial charge >= 0.3 is 5.97 Å². The summed E-state index contributed by atoms with van der Waals surface area (Å²) < 4.78 is 44.2. The van der Waals surface area contributed by atoms with E-state index in [1.807, 2.05) is 0 Å². The zero-order valence-electron chi connectivity index (χ0n) is 19.9. The van der Waals surface area contributed by atoms with E-state index in [4.69, 9.17) is 14.2 Å². The minimum atomic E-state index is -3.72. The summed E-state index contributed by atoms with van der Waals surface area (Å²) in [4.78, 5) is 26.9. The van der Waals surface area contributed by atoms with E-state index in [-0.39, 0.29) is 30.5 Å². The molecular weight excluding hydrogens is 460 g/mol. The molecule has 0 spiro atoms. The Morgan fingerprint density at radius 3 is 2.35 bits per heavy atom. The van der Waals surface area contributed by atoms with Gasteiger partial charge in [0, 0.05) is 38.7 Å². The monoisotopic (exact) mass is 494 g/mol. The second-order valence-corrected chi connectivity index (χ2v) is 11.6. The van der Waals surface area contributed by atoms with Gasteiger partial charge in [-0.25, -0.2) is 8.42 Å². The van der Waals surface area contributed by atoms with Crippen molar-refractivity contribution in [1.82, 2.24) is 9.21 Å².